The number of sulfonamides is 1. The van der Waals surface area contributed by atoms with Crippen molar-refractivity contribution in [1.29, 1.82) is 0 Å². The minimum atomic E-state index is -3.62. The van der Waals surface area contributed by atoms with E-state index in [-0.39, 0.29) is 17.0 Å². The zero-order valence-corrected chi connectivity index (χ0v) is 14.8. The summed E-state index contributed by atoms with van der Waals surface area (Å²) in [7, 11) is -2.16. The summed E-state index contributed by atoms with van der Waals surface area (Å²) in [5.41, 5.74) is 0. The van der Waals surface area contributed by atoms with Crippen LogP contribution in [0.3, 0.4) is 0 Å². The maximum Gasteiger partial charge on any atom is 0.244 e. The van der Waals surface area contributed by atoms with Gasteiger partial charge in [-0.25, -0.2) is 18.1 Å². The molecule has 1 aromatic carbocycles. The SMILES string of the molecule is COc1ccccc1S(=O)(=O)NC1CCC(Oc2cnccn2)CC1. The van der Waals surface area contributed by atoms with E-state index in [0.29, 0.717) is 24.5 Å². The van der Waals surface area contributed by atoms with Crippen molar-refractivity contribution in [2.75, 3.05) is 7.11 Å². The number of methoxy groups -OCH3 is 1. The summed E-state index contributed by atoms with van der Waals surface area (Å²) in [6, 6.07) is 6.50. The Bertz CT molecular complexity index is 791. The summed E-state index contributed by atoms with van der Waals surface area (Å²) < 4.78 is 38.9. The van der Waals surface area contributed by atoms with Crippen molar-refractivity contribution in [3.8, 4) is 11.6 Å². The molecule has 7 nitrogen and oxygen atoms in total. The average Bonchev–Trinajstić information content (AvgIpc) is 2.64. The minimum Gasteiger partial charge on any atom is -0.495 e. The van der Waals surface area contributed by atoms with Crippen molar-refractivity contribution in [2.45, 2.75) is 42.7 Å². The second kappa shape index (κ2) is 7.79. The van der Waals surface area contributed by atoms with Gasteiger partial charge in [0.15, 0.2) is 0 Å². The van der Waals surface area contributed by atoms with Gasteiger partial charge in [-0.1, -0.05) is 12.1 Å². The van der Waals surface area contributed by atoms with Gasteiger partial charge in [0.1, 0.15) is 16.7 Å². The van der Waals surface area contributed by atoms with E-state index in [2.05, 4.69) is 14.7 Å². The Morgan fingerprint density at radius 2 is 1.88 bits per heavy atom. The molecular weight excluding hydrogens is 342 g/mol. The van der Waals surface area contributed by atoms with E-state index in [9.17, 15) is 8.42 Å². The lowest BCUT2D eigenvalue weighted by Crippen LogP contribution is -2.39. The lowest BCUT2D eigenvalue weighted by Gasteiger charge is -2.29. The molecule has 0 amide bonds. The molecule has 1 aliphatic carbocycles. The van der Waals surface area contributed by atoms with Gasteiger partial charge in [0, 0.05) is 18.4 Å². The summed E-state index contributed by atoms with van der Waals surface area (Å²) in [4.78, 5) is 8.23. The zero-order valence-electron chi connectivity index (χ0n) is 14.0. The van der Waals surface area contributed by atoms with Gasteiger partial charge >= 0.3 is 0 Å². The van der Waals surface area contributed by atoms with Gasteiger partial charge in [-0.3, -0.25) is 4.98 Å². The molecule has 1 saturated carbocycles. The minimum absolute atomic E-state index is 0.0312. The molecule has 0 radical (unpaired) electrons. The van der Waals surface area contributed by atoms with E-state index in [0.717, 1.165) is 12.8 Å². The number of benzene rings is 1. The topological polar surface area (TPSA) is 90.4 Å². The average molecular weight is 363 g/mol. The fourth-order valence-electron chi connectivity index (χ4n) is 2.94. The maximum absolute atomic E-state index is 12.6. The molecule has 134 valence electrons. The van der Waals surface area contributed by atoms with E-state index in [4.69, 9.17) is 9.47 Å². The molecule has 25 heavy (non-hydrogen) atoms. The highest BCUT2D eigenvalue weighted by Crippen LogP contribution is 2.26. The number of rotatable bonds is 6. The molecule has 1 aromatic heterocycles. The van der Waals surface area contributed by atoms with Crippen molar-refractivity contribution in [2.24, 2.45) is 0 Å². The van der Waals surface area contributed by atoms with Crippen LogP contribution in [0.5, 0.6) is 11.6 Å². The first kappa shape index (κ1) is 17.6. The van der Waals surface area contributed by atoms with Crippen LogP contribution in [0, 0.1) is 0 Å². The smallest absolute Gasteiger partial charge is 0.244 e. The summed E-state index contributed by atoms with van der Waals surface area (Å²) in [6.45, 7) is 0. The van der Waals surface area contributed by atoms with Crippen molar-refractivity contribution in [3.05, 3.63) is 42.9 Å². The van der Waals surface area contributed by atoms with Gasteiger partial charge in [0.25, 0.3) is 0 Å². The normalized spacial score (nSPS) is 20.8. The van der Waals surface area contributed by atoms with Crippen LogP contribution in [0.4, 0.5) is 0 Å². The lowest BCUT2D eigenvalue weighted by molar-refractivity contribution is 0.138. The van der Waals surface area contributed by atoms with Gasteiger partial charge in [-0.2, -0.15) is 0 Å². The van der Waals surface area contributed by atoms with Crippen molar-refractivity contribution in [1.82, 2.24) is 14.7 Å². The number of hydrogen-bond acceptors (Lipinski definition) is 6. The van der Waals surface area contributed by atoms with Crippen molar-refractivity contribution in [3.63, 3.8) is 0 Å². The van der Waals surface area contributed by atoms with E-state index < -0.39 is 10.0 Å². The first-order chi connectivity index (χ1) is 12.1. The van der Waals surface area contributed by atoms with E-state index in [1.165, 1.54) is 7.11 Å². The summed E-state index contributed by atoms with van der Waals surface area (Å²) in [6.07, 6.45) is 7.72. The zero-order chi connectivity index (χ0) is 17.7. The van der Waals surface area contributed by atoms with Crippen LogP contribution < -0.4 is 14.2 Å². The Morgan fingerprint density at radius 1 is 1.12 bits per heavy atom. The molecule has 0 unspecified atom stereocenters. The molecule has 0 atom stereocenters. The Kier molecular flexibility index (Phi) is 5.50. The molecule has 1 aliphatic rings. The molecule has 0 spiro atoms. The predicted octanol–water partition coefficient (Wildman–Crippen LogP) is 2.15. The number of hydrogen-bond donors (Lipinski definition) is 1. The highest BCUT2D eigenvalue weighted by atomic mass is 32.2. The Hall–Kier alpha value is -2.19. The van der Waals surface area contributed by atoms with Gasteiger partial charge < -0.3 is 9.47 Å². The number of para-hydroxylation sites is 1. The standard InChI is InChI=1S/C17H21N3O4S/c1-23-15-4-2-3-5-16(15)25(21,22)20-13-6-8-14(9-7-13)24-17-12-18-10-11-19-17/h2-5,10-14,20H,6-9H2,1H3. The van der Waals surface area contributed by atoms with E-state index >= 15 is 0 Å². The molecule has 1 heterocycles. The Morgan fingerprint density at radius 3 is 2.56 bits per heavy atom. The second-order valence-corrected chi connectivity index (χ2v) is 7.59. The van der Waals surface area contributed by atoms with Crippen LogP contribution >= 0.6 is 0 Å². The number of nitrogens with zero attached hydrogens (tertiary/aromatic N) is 2. The van der Waals surface area contributed by atoms with Gasteiger partial charge in [0.05, 0.1) is 13.3 Å². The van der Waals surface area contributed by atoms with Crippen LogP contribution in [0.1, 0.15) is 25.7 Å². The van der Waals surface area contributed by atoms with Crippen LogP contribution in [0.2, 0.25) is 0 Å². The van der Waals surface area contributed by atoms with Crippen molar-refractivity contribution >= 4 is 10.0 Å². The largest absolute Gasteiger partial charge is 0.495 e. The van der Waals surface area contributed by atoms with E-state index in [1.54, 1.807) is 42.9 Å². The molecule has 8 heteroatoms. The van der Waals surface area contributed by atoms with E-state index in [1.807, 2.05) is 0 Å². The summed E-state index contributed by atoms with van der Waals surface area (Å²) >= 11 is 0. The van der Waals surface area contributed by atoms with Gasteiger partial charge in [-0.15, -0.1) is 0 Å². The molecule has 0 bridgehead atoms. The van der Waals surface area contributed by atoms with Crippen LogP contribution in [0.15, 0.2) is 47.8 Å². The quantitative estimate of drug-likeness (QED) is 0.846. The third kappa shape index (κ3) is 4.46. The van der Waals surface area contributed by atoms with Gasteiger partial charge in [0.2, 0.25) is 15.9 Å². The Balaban J connectivity index is 1.58. The first-order valence-electron chi connectivity index (χ1n) is 8.16. The molecule has 1 fully saturated rings. The maximum atomic E-state index is 12.6. The van der Waals surface area contributed by atoms with Crippen LogP contribution in [-0.4, -0.2) is 37.6 Å². The van der Waals surface area contributed by atoms with Gasteiger partial charge in [-0.05, 0) is 37.8 Å². The third-order valence-electron chi connectivity index (χ3n) is 4.18. The molecule has 2 aromatic rings. The fourth-order valence-corrected chi connectivity index (χ4v) is 4.41. The highest BCUT2D eigenvalue weighted by molar-refractivity contribution is 7.89. The summed E-state index contributed by atoms with van der Waals surface area (Å²) in [5, 5.41) is 0. The number of ether oxygens (including phenoxy) is 2. The molecular formula is C17H21N3O4S. The summed E-state index contributed by atoms with van der Waals surface area (Å²) in [5.74, 6) is 0.843. The molecule has 1 N–H and O–H groups in total. The monoisotopic (exact) mass is 363 g/mol. The number of aromatic nitrogens is 2. The highest BCUT2D eigenvalue weighted by Gasteiger charge is 2.28. The Labute approximate surface area is 147 Å². The number of nitrogens with one attached hydrogen (secondary N) is 1. The van der Waals surface area contributed by atoms with Crippen LogP contribution in [0.25, 0.3) is 0 Å². The predicted molar refractivity (Wildman–Crippen MR) is 92.0 cm³/mol. The molecule has 0 aliphatic heterocycles. The lowest BCUT2D eigenvalue weighted by atomic mass is 9.94. The van der Waals surface area contributed by atoms with Crippen molar-refractivity contribution < 1.29 is 17.9 Å². The third-order valence-corrected chi connectivity index (χ3v) is 5.74. The fraction of sp³-hybridized carbons (Fsp3) is 0.412. The first-order valence-corrected chi connectivity index (χ1v) is 9.65. The molecule has 3 rings (SSSR count). The molecule has 0 saturated heterocycles. The second-order valence-electron chi connectivity index (χ2n) is 5.91. The van der Waals surface area contributed by atoms with Crippen LogP contribution in [-0.2, 0) is 10.0 Å².